The number of aromatic nitrogens is 1. The van der Waals surface area contributed by atoms with Crippen molar-refractivity contribution in [3.8, 4) is 0 Å². The molecule has 2 N–H and O–H groups in total. The molecule has 5 heteroatoms. The van der Waals surface area contributed by atoms with Gasteiger partial charge in [0.25, 0.3) is 0 Å². The third-order valence-electron chi connectivity index (χ3n) is 3.42. The number of allylic oxidation sites excluding steroid dienone is 7. The lowest BCUT2D eigenvalue weighted by molar-refractivity contribution is 0.806. The van der Waals surface area contributed by atoms with Crippen molar-refractivity contribution >= 4 is 28.6 Å². The van der Waals surface area contributed by atoms with Gasteiger partial charge in [-0.3, -0.25) is 15.8 Å². The molecule has 0 saturated heterocycles. The van der Waals surface area contributed by atoms with Gasteiger partial charge in [0.15, 0.2) is 0 Å². The van der Waals surface area contributed by atoms with E-state index >= 15 is 0 Å². The summed E-state index contributed by atoms with van der Waals surface area (Å²) in [5, 5.41) is 18.1. The summed E-state index contributed by atoms with van der Waals surface area (Å²) in [5.74, 6) is -1.12. The number of hydrogen-bond acceptors (Lipinski definition) is 4. The maximum atomic E-state index is 14.2. The van der Waals surface area contributed by atoms with Crippen LogP contribution in [0.5, 0.6) is 0 Å². The second-order valence-corrected chi connectivity index (χ2v) is 5.92. The van der Waals surface area contributed by atoms with Crippen molar-refractivity contribution in [2.24, 2.45) is 0 Å². The van der Waals surface area contributed by atoms with Gasteiger partial charge in [-0.1, -0.05) is 43.0 Å². The van der Waals surface area contributed by atoms with E-state index in [-0.39, 0.29) is 11.3 Å². The van der Waals surface area contributed by atoms with Crippen LogP contribution in [0.15, 0.2) is 83.9 Å². The normalized spacial score (nSPS) is 12.8. The van der Waals surface area contributed by atoms with Crippen molar-refractivity contribution in [3.63, 3.8) is 0 Å². The lowest BCUT2D eigenvalue weighted by atomic mass is 9.92. The first-order valence-electron chi connectivity index (χ1n) is 7.58. The third kappa shape index (κ3) is 4.33. The van der Waals surface area contributed by atoms with Gasteiger partial charge in [0, 0.05) is 11.8 Å². The lowest BCUT2D eigenvalue weighted by Gasteiger charge is -2.15. The molecule has 3 nitrogen and oxygen atoms in total. The minimum atomic E-state index is -1.12. The fourth-order valence-electron chi connectivity index (χ4n) is 2.31. The molecule has 126 valence electrons. The smallest absolute Gasteiger partial charge is 0.215 e. The van der Waals surface area contributed by atoms with Crippen LogP contribution in [0.4, 0.5) is 4.39 Å². The Balaban J connectivity index is 2.79. The summed E-state index contributed by atoms with van der Waals surface area (Å²) in [7, 11) is 0. The Kier molecular flexibility index (Phi) is 6.48. The second kappa shape index (κ2) is 8.80. The van der Waals surface area contributed by atoms with Crippen molar-refractivity contribution in [2.45, 2.75) is 6.92 Å². The van der Waals surface area contributed by atoms with E-state index in [2.05, 4.69) is 11.6 Å². The monoisotopic (exact) mass is 351 g/mol. The van der Waals surface area contributed by atoms with Gasteiger partial charge < -0.3 is 0 Å². The third-order valence-corrected chi connectivity index (χ3v) is 4.31. The molecule has 0 saturated carbocycles. The van der Waals surface area contributed by atoms with Crippen molar-refractivity contribution < 1.29 is 4.39 Å². The van der Waals surface area contributed by atoms with Crippen molar-refractivity contribution in [3.05, 3.63) is 94.5 Å². The van der Waals surface area contributed by atoms with Crippen LogP contribution in [-0.4, -0.2) is 16.7 Å². The Morgan fingerprint density at radius 3 is 2.56 bits per heavy atom. The standard InChI is InChI=1S/C20H18FN3S/c1-3-5-9-14(4-2)17(19(22)16-11-8-13-25-16)18(20(21)23)15-10-6-7-12-24-15/h3-13,22-23H,1H2,2H3/b9-5-,14-4+,18-17-,22-19?,23-20?. The zero-order valence-corrected chi connectivity index (χ0v) is 14.6. The first-order valence-corrected chi connectivity index (χ1v) is 8.46. The zero-order valence-electron chi connectivity index (χ0n) is 13.8. The molecule has 0 aliphatic rings. The summed E-state index contributed by atoms with van der Waals surface area (Å²) in [4.78, 5) is 4.87. The molecule has 2 aromatic heterocycles. The Morgan fingerprint density at radius 1 is 1.24 bits per heavy atom. The second-order valence-electron chi connectivity index (χ2n) is 4.97. The number of nitrogens with zero attached hydrogens (tertiary/aromatic N) is 1. The van der Waals surface area contributed by atoms with Gasteiger partial charge >= 0.3 is 0 Å². The highest BCUT2D eigenvalue weighted by Gasteiger charge is 2.22. The topological polar surface area (TPSA) is 60.6 Å². The molecule has 0 atom stereocenters. The fourth-order valence-corrected chi connectivity index (χ4v) is 2.99. The molecule has 2 aromatic rings. The minimum absolute atomic E-state index is 0.000752. The summed E-state index contributed by atoms with van der Waals surface area (Å²) in [6, 6.07) is 8.72. The summed E-state index contributed by atoms with van der Waals surface area (Å²) in [5.41, 5.74) is 1.42. The molecular weight excluding hydrogens is 333 g/mol. The summed E-state index contributed by atoms with van der Waals surface area (Å²) >= 11 is 1.39. The number of nitrogens with one attached hydrogen (secondary N) is 2. The quantitative estimate of drug-likeness (QED) is 0.495. The van der Waals surface area contributed by atoms with E-state index in [0.29, 0.717) is 21.7 Å². The van der Waals surface area contributed by atoms with E-state index in [0.717, 1.165) is 0 Å². The van der Waals surface area contributed by atoms with Gasteiger partial charge in [0.1, 0.15) is 0 Å². The number of rotatable bonds is 7. The van der Waals surface area contributed by atoms with E-state index in [1.54, 1.807) is 54.8 Å². The number of hydrogen-bond donors (Lipinski definition) is 2. The molecule has 0 aliphatic heterocycles. The predicted octanol–water partition coefficient (Wildman–Crippen LogP) is 5.60. The molecule has 2 heterocycles. The van der Waals surface area contributed by atoms with E-state index in [9.17, 15) is 4.39 Å². The van der Waals surface area contributed by atoms with Crippen molar-refractivity contribution in [1.29, 1.82) is 10.8 Å². The Bertz CT molecular complexity index is 860. The first-order chi connectivity index (χ1) is 12.1. The average Bonchev–Trinajstić information content (AvgIpc) is 3.16. The van der Waals surface area contributed by atoms with Crippen LogP contribution in [0.2, 0.25) is 0 Å². The molecule has 0 aromatic carbocycles. The highest BCUT2D eigenvalue weighted by atomic mass is 32.1. The zero-order chi connectivity index (χ0) is 18.2. The van der Waals surface area contributed by atoms with Crippen LogP contribution >= 0.6 is 11.3 Å². The van der Waals surface area contributed by atoms with E-state index in [1.807, 2.05) is 18.4 Å². The number of halogens is 1. The van der Waals surface area contributed by atoms with Crippen LogP contribution in [0.3, 0.4) is 0 Å². The Morgan fingerprint density at radius 2 is 2.04 bits per heavy atom. The minimum Gasteiger partial charge on any atom is -0.299 e. The van der Waals surface area contributed by atoms with E-state index in [1.165, 1.54) is 11.3 Å². The molecule has 0 unspecified atom stereocenters. The maximum absolute atomic E-state index is 14.2. The van der Waals surface area contributed by atoms with Crippen LogP contribution in [-0.2, 0) is 0 Å². The van der Waals surface area contributed by atoms with E-state index in [4.69, 9.17) is 10.8 Å². The highest BCUT2D eigenvalue weighted by Crippen LogP contribution is 2.29. The fraction of sp³-hybridized carbons (Fsp3) is 0.0500. The molecule has 2 rings (SSSR count). The Hall–Kier alpha value is -2.92. The molecule has 0 amide bonds. The first kappa shape index (κ1) is 18.4. The molecule has 0 spiro atoms. The molecule has 0 radical (unpaired) electrons. The lowest BCUT2D eigenvalue weighted by Crippen LogP contribution is -2.11. The summed E-state index contributed by atoms with van der Waals surface area (Å²) in [6.45, 7) is 5.46. The molecule has 0 bridgehead atoms. The van der Waals surface area contributed by atoms with Crippen molar-refractivity contribution in [2.75, 3.05) is 0 Å². The number of thiophene rings is 1. The summed E-state index contributed by atoms with van der Waals surface area (Å²) in [6.07, 6.45) is 8.39. The van der Waals surface area contributed by atoms with Crippen LogP contribution in [0.25, 0.3) is 5.57 Å². The van der Waals surface area contributed by atoms with Gasteiger partial charge in [0.2, 0.25) is 5.97 Å². The Labute approximate surface area is 150 Å². The molecule has 0 fully saturated rings. The largest absolute Gasteiger partial charge is 0.299 e. The summed E-state index contributed by atoms with van der Waals surface area (Å²) < 4.78 is 14.2. The van der Waals surface area contributed by atoms with Crippen molar-refractivity contribution in [1.82, 2.24) is 4.98 Å². The van der Waals surface area contributed by atoms with Gasteiger partial charge in [-0.25, -0.2) is 0 Å². The van der Waals surface area contributed by atoms with Crippen LogP contribution < -0.4 is 0 Å². The van der Waals surface area contributed by atoms with Gasteiger partial charge in [0.05, 0.1) is 21.9 Å². The predicted molar refractivity (Wildman–Crippen MR) is 104 cm³/mol. The van der Waals surface area contributed by atoms with Gasteiger partial charge in [-0.05, 0) is 36.1 Å². The molecule has 0 aliphatic carbocycles. The van der Waals surface area contributed by atoms with Crippen LogP contribution in [0.1, 0.15) is 17.5 Å². The average molecular weight is 351 g/mol. The van der Waals surface area contributed by atoms with E-state index < -0.39 is 5.97 Å². The number of pyridine rings is 1. The van der Waals surface area contributed by atoms with Gasteiger partial charge in [-0.15, -0.1) is 11.3 Å². The van der Waals surface area contributed by atoms with Crippen LogP contribution in [0, 0.1) is 10.8 Å². The highest BCUT2D eigenvalue weighted by molar-refractivity contribution is 7.12. The maximum Gasteiger partial charge on any atom is 0.215 e. The molecule has 25 heavy (non-hydrogen) atoms. The molecular formula is C20H18FN3S. The SMILES string of the molecule is C=C\C=C/C(=C\C)C(/C(=N)c1cccs1)=C(/C(=N)F)c1ccccn1. The van der Waals surface area contributed by atoms with Gasteiger partial charge in [-0.2, -0.15) is 4.39 Å².